The third-order valence-corrected chi connectivity index (χ3v) is 2.94. The van der Waals surface area contributed by atoms with E-state index in [2.05, 4.69) is 21.5 Å². The zero-order valence-electron chi connectivity index (χ0n) is 9.88. The first-order valence-electron chi connectivity index (χ1n) is 5.79. The van der Waals surface area contributed by atoms with Crippen LogP contribution in [0, 0.1) is 0 Å². The van der Waals surface area contributed by atoms with Crippen LogP contribution in [0.25, 0.3) is 11.3 Å². The van der Waals surface area contributed by atoms with Gasteiger partial charge < -0.3 is 9.63 Å². The van der Waals surface area contributed by atoms with Crippen molar-refractivity contribution in [3.8, 4) is 11.3 Å². The molecule has 1 aromatic carbocycles. The number of nitrogens with zero attached hydrogens (tertiary/aromatic N) is 1. The molecule has 1 unspecified atom stereocenters. The highest BCUT2D eigenvalue weighted by atomic mass is 16.5. The van der Waals surface area contributed by atoms with Gasteiger partial charge in [0.1, 0.15) is 11.3 Å². The summed E-state index contributed by atoms with van der Waals surface area (Å²) in [7, 11) is 0. The lowest BCUT2D eigenvalue weighted by molar-refractivity contribution is 0.0694. The molecular weight excluding hydrogens is 248 g/mol. The smallest absolute Gasteiger partial charge is 0.341 e. The Hall–Kier alpha value is -2.22. The van der Waals surface area contributed by atoms with Crippen molar-refractivity contribution in [1.82, 2.24) is 21.5 Å². The summed E-state index contributed by atoms with van der Waals surface area (Å²) in [6, 6.07) is 8.84. The van der Waals surface area contributed by atoms with Crippen LogP contribution in [0.3, 0.4) is 0 Å². The van der Waals surface area contributed by atoms with E-state index in [4.69, 9.17) is 4.52 Å². The summed E-state index contributed by atoms with van der Waals surface area (Å²) in [5.74, 6) is -0.743. The van der Waals surface area contributed by atoms with E-state index in [0.29, 0.717) is 23.6 Å². The van der Waals surface area contributed by atoms with Crippen molar-refractivity contribution in [3.63, 3.8) is 0 Å². The lowest BCUT2D eigenvalue weighted by Crippen LogP contribution is -2.31. The topological polar surface area (TPSA) is 99.4 Å². The first-order chi connectivity index (χ1) is 9.27. The Balaban J connectivity index is 2.08. The highest BCUT2D eigenvalue weighted by Gasteiger charge is 2.30. The molecule has 0 radical (unpaired) electrons. The summed E-state index contributed by atoms with van der Waals surface area (Å²) in [5.41, 5.74) is 9.58. The molecular formula is C12H12N4O3. The second-order valence-electron chi connectivity index (χ2n) is 4.14. The number of hydrogen-bond donors (Lipinski definition) is 4. The molecule has 98 valence electrons. The second kappa shape index (κ2) is 4.81. The fourth-order valence-electron chi connectivity index (χ4n) is 2.04. The van der Waals surface area contributed by atoms with Crippen LogP contribution in [0.5, 0.6) is 0 Å². The van der Waals surface area contributed by atoms with Crippen molar-refractivity contribution in [2.75, 3.05) is 6.54 Å². The molecule has 1 fully saturated rings. The van der Waals surface area contributed by atoms with Crippen LogP contribution in [0.2, 0.25) is 0 Å². The molecule has 0 bridgehead atoms. The first-order valence-corrected chi connectivity index (χ1v) is 5.79. The van der Waals surface area contributed by atoms with Crippen molar-refractivity contribution in [2.45, 2.75) is 6.04 Å². The second-order valence-corrected chi connectivity index (χ2v) is 4.14. The molecule has 1 aliphatic heterocycles. The number of nitrogens with one attached hydrogen (secondary N) is 3. The van der Waals surface area contributed by atoms with Gasteiger partial charge in [0.15, 0.2) is 5.76 Å². The van der Waals surface area contributed by atoms with Crippen LogP contribution in [-0.2, 0) is 0 Å². The zero-order chi connectivity index (χ0) is 13.2. The third kappa shape index (κ3) is 2.10. The quantitative estimate of drug-likeness (QED) is 0.644. The molecule has 2 heterocycles. The predicted octanol–water partition coefficient (Wildman–Crippen LogP) is 0.693. The number of hydrazine groups is 2. The lowest BCUT2D eigenvalue weighted by Gasteiger charge is -2.04. The molecule has 1 atom stereocenters. The maximum absolute atomic E-state index is 11.5. The Bertz CT molecular complexity index is 590. The molecule has 2 aromatic rings. The minimum Gasteiger partial charge on any atom is -0.477 e. The van der Waals surface area contributed by atoms with Crippen LogP contribution in [0.4, 0.5) is 0 Å². The van der Waals surface area contributed by atoms with Gasteiger partial charge in [-0.15, -0.1) is 0 Å². The fourth-order valence-corrected chi connectivity index (χ4v) is 2.04. The number of rotatable bonds is 3. The van der Waals surface area contributed by atoms with Crippen LogP contribution >= 0.6 is 0 Å². The van der Waals surface area contributed by atoms with E-state index >= 15 is 0 Å². The van der Waals surface area contributed by atoms with Crippen LogP contribution in [0.15, 0.2) is 34.9 Å². The molecule has 0 aliphatic carbocycles. The average molecular weight is 260 g/mol. The third-order valence-electron chi connectivity index (χ3n) is 2.94. The molecule has 7 heteroatoms. The van der Waals surface area contributed by atoms with Gasteiger partial charge in [0.05, 0.1) is 6.04 Å². The van der Waals surface area contributed by atoms with E-state index in [1.807, 2.05) is 18.2 Å². The molecule has 1 saturated heterocycles. The Morgan fingerprint density at radius 1 is 1.37 bits per heavy atom. The maximum Gasteiger partial charge on any atom is 0.341 e. The van der Waals surface area contributed by atoms with Crippen molar-refractivity contribution in [3.05, 3.63) is 41.7 Å². The van der Waals surface area contributed by atoms with Gasteiger partial charge in [0.2, 0.25) is 0 Å². The highest BCUT2D eigenvalue weighted by molar-refractivity contribution is 5.96. The summed E-state index contributed by atoms with van der Waals surface area (Å²) >= 11 is 0. The summed E-state index contributed by atoms with van der Waals surface area (Å²) < 4.78 is 5.22. The number of hydrogen-bond acceptors (Lipinski definition) is 6. The summed E-state index contributed by atoms with van der Waals surface area (Å²) in [6.45, 7) is 0.518. The minimum atomic E-state index is -1.05. The fraction of sp³-hybridized carbons (Fsp3) is 0.167. The van der Waals surface area contributed by atoms with Crippen LogP contribution < -0.4 is 16.4 Å². The number of carboxylic acid groups (broad SMARTS) is 1. The summed E-state index contributed by atoms with van der Waals surface area (Å²) in [5, 5.41) is 13.3. The van der Waals surface area contributed by atoms with Crippen LogP contribution in [-0.4, -0.2) is 22.8 Å². The number of carbonyl (C=O) groups is 1. The van der Waals surface area contributed by atoms with E-state index in [1.54, 1.807) is 12.1 Å². The van der Waals surface area contributed by atoms with Gasteiger partial charge in [0, 0.05) is 12.1 Å². The Morgan fingerprint density at radius 3 is 2.79 bits per heavy atom. The molecule has 7 nitrogen and oxygen atoms in total. The molecule has 0 saturated carbocycles. The predicted molar refractivity (Wildman–Crippen MR) is 65.9 cm³/mol. The maximum atomic E-state index is 11.5. The van der Waals surface area contributed by atoms with Crippen molar-refractivity contribution < 1.29 is 14.4 Å². The molecule has 0 spiro atoms. The number of carboxylic acids is 1. The Morgan fingerprint density at radius 2 is 2.16 bits per heavy atom. The van der Waals surface area contributed by atoms with Crippen LogP contribution in [0.1, 0.15) is 22.2 Å². The lowest BCUT2D eigenvalue weighted by atomic mass is 10.0. The molecule has 0 amide bonds. The van der Waals surface area contributed by atoms with E-state index in [1.165, 1.54) is 0 Å². The van der Waals surface area contributed by atoms with E-state index in [0.717, 1.165) is 0 Å². The summed E-state index contributed by atoms with van der Waals surface area (Å²) in [6.07, 6.45) is 0. The van der Waals surface area contributed by atoms with Gasteiger partial charge in [-0.25, -0.2) is 15.6 Å². The molecule has 4 N–H and O–H groups in total. The van der Waals surface area contributed by atoms with Gasteiger partial charge in [0.25, 0.3) is 0 Å². The zero-order valence-corrected chi connectivity index (χ0v) is 9.88. The monoisotopic (exact) mass is 260 g/mol. The number of aromatic nitrogens is 1. The van der Waals surface area contributed by atoms with Gasteiger partial charge in [-0.2, -0.15) is 5.53 Å². The number of aromatic carboxylic acids is 1. The van der Waals surface area contributed by atoms with Crippen molar-refractivity contribution >= 4 is 5.97 Å². The number of benzene rings is 1. The Kier molecular flexibility index (Phi) is 3.00. The molecule has 1 aliphatic rings. The van der Waals surface area contributed by atoms with Gasteiger partial charge in [-0.1, -0.05) is 35.5 Å². The van der Waals surface area contributed by atoms with Gasteiger partial charge in [-0.05, 0) is 0 Å². The highest BCUT2D eigenvalue weighted by Crippen LogP contribution is 2.29. The summed E-state index contributed by atoms with van der Waals surface area (Å²) in [4.78, 5) is 11.5. The minimum absolute atomic E-state index is 0.0919. The Labute approximate surface area is 108 Å². The van der Waals surface area contributed by atoms with Crippen molar-refractivity contribution in [2.24, 2.45) is 0 Å². The molecule has 3 rings (SSSR count). The molecule has 19 heavy (non-hydrogen) atoms. The van der Waals surface area contributed by atoms with E-state index < -0.39 is 5.97 Å². The first kappa shape index (κ1) is 11.8. The van der Waals surface area contributed by atoms with E-state index in [9.17, 15) is 9.90 Å². The standard InChI is InChI=1S/C12H12N4O3/c17-12(18)9-10(7-4-2-1-3-5-7)15-19-11(9)8-6-13-16-14-8/h1-5,8,13-14,16H,6H2,(H,17,18). The average Bonchev–Trinajstić information content (AvgIpc) is 3.08. The van der Waals surface area contributed by atoms with Gasteiger partial charge in [-0.3, -0.25) is 0 Å². The van der Waals surface area contributed by atoms with E-state index in [-0.39, 0.29) is 11.6 Å². The molecule has 1 aromatic heterocycles. The SMILES string of the molecule is O=C(O)c1c(-c2ccccc2)noc1C1CNNN1. The normalized spacial score (nSPS) is 18.6. The van der Waals surface area contributed by atoms with Gasteiger partial charge >= 0.3 is 5.97 Å². The van der Waals surface area contributed by atoms with Crippen molar-refractivity contribution in [1.29, 1.82) is 0 Å². The largest absolute Gasteiger partial charge is 0.477 e.